The highest BCUT2D eigenvalue weighted by atomic mass is 32.2. The molecule has 1 aromatic rings. The molecule has 1 unspecified atom stereocenters. The number of hydrogen-bond acceptors (Lipinski definition) is 5. The lowest BCUT2D eigenvalue weighted by molar-refractivity contribution is 0.0463. The van der Waals surface area contributed by atoms with Gasteiger partial charge in [0.2, 0.25) is 10.0 Å². The minimum Gasteiger partial charge on any atom is -0.348 e. The molecule has 0 radical (unpaired) electrons. The van der Waals surface area contributed by atoms with Gasteiger partial charge in [0.25, 0.3) is 5.91 Å². The second-order valence-electron chi connectivity index (χ2n) is 6.95. The summed E-state index contributed by atoms with van der Waals surface area (Å²) in [5, 5.41) is 4.75. The molecule has 2 bridgehead atoms. The van der Waals surface area contributed by atoms with Crippen LogP contribution in [0.2, 0.25) is 0 Å². The zero-order valence-corrected chi connectivity index (χ0v) is 16.0. The minimum absolute atomic E-state index is 0.100. The number of thiophene rings is 1. The van der Waals surface area contributed by atoms with Crippen molar-refractivity contribution in [1.82, 2.24) is 14.5 Å². The Morgan fingerprint density at radius 1 is 1.29 bits per heavy atom. The zero-order valence-electron chi connectivity index (χ0n) is 14.4. The number of piperidine rings is 2. The van der Waals surface area contributed by atoms with Crippen molar-refractivity contribution in [2.75, 3.05) is 21.1 Å². The van der Waals surface area contributed by atoms with Crippen LogP contribution in [0.5, 0.6) is 0 Å². The first-order chi connectivity index (χ1) is 11.3. The van der Waals surface area contributed by atoms with Gasteiger partial charge in [-0.15, -0.1) is 11.3 Å². The predicted molar refractivity (Wildman–Crippen MR) is 94.9 cm³/mol. The smallest absolute Gasteiger partial charge is 0.262 e. The summed E-state index contributed by atoms with van der Waals surface area (Å²) < 4.78 is 25.9. The first-order valence-electron chi connectivity index (χ1n) is 8.33. The average Bonchev–Trinajstić information content (AvgIpc) is 2.98. The molecule has 2 aliphatic heterocycles. The van der Waals surface area contributed by atoms with Crippen LogP contribution < -0.4 is 5.32 Å². The first-order valence-corrected chi connectivity index (χ1v) is 10.7. The Morgan fingerprint density at radius 2 is 1.92 bits per heavy atom. The van der Waals surface area contributed by atoms with E-state index >= 15 is 0 Å². The van der Waals surface area contributed by atoms with Gasteiger partial charge in [0.1, 0.15) is 9.77 Å². The van der Waals surface area contributed by atoms with Gasteiger partial charge in [0, 0.05) is 32.2 Å². The molecule has 0 aliphatic carbocycles. The summed E-state index contributed by atoms with van der Waals surface area (Å²) >= 11 is 1.18. The normalized spacial score (nSPS) is 28.1. The molecule has 2 aliphatic rings. The van der Waals surface area contributed by atoms with E-state index in [1.54, 1.807) is 5.38 Å². The van der Waals surface area contributed by atoms with E-state index in [1.165, 1.54) is 50.8 Å². The Hall–Kier alpha value is -0.960. The van der Waals surface area contributed by atoms with E-state index in [0.717, 1.165) is 17.1 Å². The molecule has 1 N–H and O–H groups in total. The van der Waals surface area contributed by atoms with E-state index in [0.29, 0.717) is 12.1 Å². The molecule has 2 saturated heterocycles. The molecule has 0 aromatic carbocycles. The van der Waals surface area contributed by atoms with Crippen molar-refractivity contribution in [2.45, 2.75) is 55.1 Å². The molecular formula is C16H25N3O3S2. The van der Waals surface area contributed by atoms with Crippen LogP contribution in [0.4, 0.5) is 0 Å². The molecule has 8 heteroatoms. The van der Waals surface area contributed by atoms with E-state index < -0.39 is 10.0 Å². The van der Waals surface area contributed by atoms with E-state index in [2.05, 4.69) is 17.3 Å². The highest BCUT2D eigenvalue weighted by molar-refractivity contribution is 7.89. The quantitative estimate of drug-likeness (QED) is 0.875. The zero-order chi connectivity index (χ0) is 17.5. The summed E-state index contributed by atoms with van der Waals surface area (Å²) in [6.07, 6.45) is 5.51. The summed E-state index contributed by atoms with van der Waals surface area (Å²) in [4.78, 5) is 15.5. The molecule has 0 saturated carbocycles. The monoisotopic (exact) mass is 371 g/mol. The van der Waals surface area contributed by atoms with Gasteiger partial charge < -0.3 is 10.2 Å². The van der Waals surface area contributed by atoms with Gasteiger partial charge in [0.05, 0.1) is 0 Å². The maximum absolute atomic E-state index is 12.7. The highest BCUT2D eigenvalue weighted by Crippen LogP contribution is 2.33. The van der Waals surface area contributed by atoms with Crippen molar-refractivity contribution < 1.29 is 13.2 Å². The highest BCUT2D eigenvalue weighted by Gasteiger charge is 2.37. The summed E-state index contributed by atoms with van der Waals surface area (Å²) in [5.41, 5.74) is 0. The molecule has 3 heterocycles. The molecule has 3 rings (SSSR count). The van der Waals surface area contributed by atoms with Crippen LogP contribution in [0, 0.1) is 0 Å². The largest absolute Gasteiger partial charge is 0.348 e. The number of sulfonamides is 1. The van der Waals surface area contributed by atoms with Crippen molar-refractivity contribution in [1.29, 1.82) is 0 Å². The topological polar surface area (TPSA) is 69.7 Å². The van der Waals surface area contributed by atoms with Gasteiger partial charge >= 0.3 is 0 Å². The van der Waals surface area contributed by atoms with Crippen molar-refractivity contribution in [2.24, 2.45) is 0 Å². The maximum Gasteiger partial charge on any atom is 0.262 e. The summed E-state index contributed by atoms with van der Waals surface area (Å²) in [7, 11) is 1.53. The number of rotatable bonds is 4. The predicted octanol–water partition coefficient (Wildman–Crippen LogP) is 1.74. The second-order valence-corrected chi connectivity index (χ2v) is 9.98. The third kappa shape index (κ3) is 3.24. The molecule has 24 heavy (non-hydrogen) atoms. The molecule has 1 amide bonds. The van der Waals surface area contributed by atoms with E-state index in [-0.39, 0.29) is 21.7 Å². The van der Waals surface area contributed by atoms with Crippen LogP contribution in [0.25, 0.3) is 0 Å². The molecule has 134 valence electrons. The molecule has 2 fully saturated rings. The van der Waals surface area contributed by atoms with Crippen LogP contribution in [0.1, 0.15) is 41.8 Å². The Labute approximate surface area is 147 Å². The summed E-state index contributed by atoms with van der Waals surface area (Å²) in [6.45, 7) is 0. The van der Waals surface area contributed by atoms with Gasteiger partial charge in [-0.25, -0.2) is 12.7 Å². The van der Waals surface area contributed by atoms with Crippen LogP contribution in [-0.4, -0.2) is 62.8 Å². The van der Waals surface area contributed by atoms with Gasteiger partial charge in [-0.1, -0.05) is 6.42 Å². The molecule has 3 atom stereocenters. The molecule has 6 nitrogen and oxygen atoms in total. The lowest BCUT2D eigenvalue weighted by Gasteiger charge is -2.47. The van der Waals surface area contributed by atoms with E-state index in [9.17, 15) is 13.2 Å². The van der Waals surface area contributed by atoms with Crippen molar-refractivity contribution in [3.8, 4) is 0 Å². The molecular weight excluding hydrogens is 346 g/mol. The third-order valence-electron chi connectivity index (χ3n) is 5.27. The van der Waals surface area contributed by atoms with Crippen LogP contribution in [0.3, 0.4) is 0 Å². The van der Waals surface area contributed by atoms with Crippen molar-refractivity contribution >= 4 is 27.3 Å². The lowest BCUT2D eigenvalue weighted by Crippen LogP contribution is -2.55. The third-order valence-corrected chi connectivity index (χ3v) is 8.17. The fraction of sp³-hybridized carbons (Fsp3) is 0.688. The van der Waals surface area contributed by atoms with Crippen LogP contribution in [0.15, 0.2) is 16.3 Å². The number of fused-ring (bicyclic) bond motifs is 2. The number of nitrogens with one attached hydrogen (secondary N) is 1. The van der Waals surface area contributed by atoms with Gasteiger partial charge in [-0.05, 0) is 44.2 Å². The number of hydrogen-bond donors (Lipinski definition) is 1. The SMILES string of the molecule is CN1[C@@H]2CCC[C@H]1CC(NC(=O)c1sccc1S(=O)(=O)N(C)C)C2. The van der Waals surface area contributed by atoms with Crippen molar-refractivity contribution in [3.05, 3.63) is 16.3 Å². The minimum atomic E-state index is -3.60. The summed E-state index contributed by atoms with van der Waals surface area (Å²) in [6, 6.07) is 2.69. The number of amides is 1. The Bertz CT molecular complexity index is 700. The number of carbonyl (C=O) groups excluding carboxylic acids is 1. The summed E-state index contributed by atoms with van der Waals surface area (Å²) in [5.74, 6) is -0.266. The Kier molecular flexibility index (Phi) is 5.01. The van der Waals surface area contributed by atoms with Gasteiger partial charge in [-0.2, -0.15) is 0 Å². The lowest BCUT2D eigenvalue weighted by atomic mass is 9.82. The van der Waals surface area contributed by atoms with E-state index in [4.69, 9.17) is 0 Å². The van der Waals surface area contributed by atoms with E-state index in [1.807, 2.05) is 0 Å². The fourth-order valence-corrected chi connectivity index (χ4v) is 6.04. The maximum atomic E-state index is 12.7. The van der Waals surface area contributed by atoms with Crippen LogP contribution in [-0.2, 0) is 10.0 Å². The molecule has 1 aromatic heterocycles. The van der Waals surface area contributed by atoms with Gasteiger partial charge in [-0.3, -0.25) is 4.79 Å². The Balaban J connectivity index is 1.74. The average molecular weight is 372 g/mol. The number of nitrogens with zero attached hydrogens (tertiary/aromatic N) is 2. The van der Waals surface area contributed by atoms with Crippen LogP contribution >= 0.6 is 11.3 Å². The fourth-order valence-electron chi connectivity index (χ4n) is 3.85. The standard InChI is InChI=1S/C16H25N3O3S2/c1-18(2)24(21,22)14-7-8-23-15(14)16(20)17-11-9-12-5-4-6-13(10-11)19(12)3/h7-8,11-13H,4-6,9-10H2,1-3H3,(H,17,20)/t11?,12-,13+. The molecule has 0 spiro atoms. The first kappa shape index (κ1) is 17.8. The number of carbonyl (C=O) groups is 1. The second kappa shape index (κ2) is 6.74. The Morgan fingerprint density at radius 3 is 2.50 bits per heavy atom. The van der Waals surface area contributed by atoms with Crippen molar-refractivity contribution in [3.63, 3.8) is 0 Å². The van der Waals surface area contributed by atoms with Gasteiger partial charge in [0.15, 0.2) is 0 Å².